The summed E-state index contributed by atoms with van der Waals surface area (Å²) in [6.45, 7) is 3.66. The monoisotopic (exact) mass is 401 g/mol. The highest BCUT2D eigenvalue weighted by atomic mass is 32.2. The van der Waals surface area contributed by atoms with Crippen LogP contribution in [0, 0.1) is 24.0 Å². The van der Waals surface area contributed by atoms with Crippen LogP contribution in [-0.2, 0) is 0 Å². The van der Waals surface area contributed by atoms with Crippen LogP contribution in [0.15, 0.2) is 51.0 Å². The molecule has 0 aliphatic carbocycles. The number of phenols is 1. The van der Waals surface area contributed by atoms with Gasteiger partial charge in [0.15, 0.2) is 4.34 Å². The Morgan fingerprint density at radius 3 is 2.67 bits per heavy atom. The quantitative estimate of drug-likeness (QED) is 0.362. The van der Waals surface area contributed by atoms with Crippen molar-refractivity contribution < 1.29 is 14.8 Å². The van der Waals surface area contributed by atoms with Crippen LogP contribution in [-0.4, -0.2) is 20.9 Å². The zero-order valence-corrected chi connectivity index (χ0v) is 16.1. The number of amides is 1. The molecule has 0 radical (unpaired) electrons. The molecule has 1 aromatic heterocycles. The van der Waals surface area contributed by atoms with Gasteiger partial charge in [-0.15, -0.1) is 11.3 Å². The van der Waals surface area contributed by atoms with Crippen molar-refractivity contribution in [3.63, 3.8) is 0 Å². The van der Waals surface area contributed by atoms with E-state index in [9.17, 15) is 20.0 Å². The summed E-state index contributed by atoms with van der Waals surface area (Å²) in [5.74, 6) is -0.608. The second kappa shape index (κ2) is 7.77. The number of nitrogens with one attached hydrogen (secondary N) is 1. The van der Waals surface area contributed by atoms with Gasteiger partial charge in [0, 0.05) is 22.7 Å². The molecule has 1 amide bonds. The summed E-state index contributed by atoms with van der Waals surface area (Å²) in [5.41, 5.74) is 1.89. The molecule has 0 saturated carbocycles. The van der Waals surface area contributed by atoms with Crippen molar-refractivity contribution in [1.29, 1.82) is 0 Å². The number of aromatic hydroxyl groups is 1. The smallest absolute Gasteiger partial charge is 0.284 e. The molecule has 9 heteroatoms. The number of hydrogen-bond donors (Lipinski definition) is 2. The fourth-order valence-corrected chi connectivity index (χ4v) is 4.18. The highest BCUT2D eigenvalue weighted by Gasteiger charge is 2.20. The molecule has 0 spiro atoms. The largest absolute Gasteiger partial charge is 0.506 e. The number of aromatic nitrogens is 1. The van der Waals surface area contributed by atoms with E-state index in [2.05, 4.69) is 10.3 Å². The van der Waals surface area contributed by atoms with Crippen molar-refractivity contribution in [2.24, 2.45) is 0 Å². The van der Waals surface area contributed by atoms with Gasteiger partial charge in [0.25, 0.3) is 11.6 Å². The van der Waals surface area contributed by atoms with E-state index in [0.717, 1.165) is 11.3 Å². The molecule has 2 aromatic carbocycles. The maximum atomic E-state index is 12.4. The Balaban J connectivity index is 1.86. The maximum absolute atomic E-state index is 12.4. The van der Waals surface area contributed by atoms with E-state index in [1.54, 1.807) is 12.1 Å². The first-order valence-corrected chi connectivity index (χ1v) is 9.52. The number of nitro benzene ring substituents is 1. The first-order chi connectivity index (χ1) is 12.8. The van der Waals surface area contributed by atoms with Gasteiger partial charge in [-0.25, -0.2) is 4.98 Å². The first-order valence-electron chi connectivity index (χ1n) is 7.83. The van der Waals surface area contributed by atoms with Crippen LogP contribution in [0.2, 0.25) is 0 Å². The summed E-state index contributed by atoms with van der Waals surface area (Å²) in [4.78, 5) is 28.1. The number of carbonyl (C=O) groups excluding carboxylic acids is 1. The zero-order chi connectivity index (χ0) is 19.6. The van der Waals surface area contributed by atoms with Crippen LogP contribution in [0.3, 0.4) is 0 Å². The third-order valence-corrected chi connectivity index (χ3v) is 5.74. The molecule has 27 heavy (non-hydrogen) atoms. The average Bonchev–Trinajstić information content (AvgIpc) is 3.02. The molecule has 3 rings (SSSR count). The van der Waals surface area contributed by atoms with E-state index in [1.165, 1.54) is 47.4 Å². The molecule has 0 aliphatic rings. The standard InChI is InChI=1S/C18H15N3O4S2/c1-10-3-5-13(15(22)7-10)20-17(23)12-4-6-16(14(8-12)21(24)25)27-18-19-11(2)9-26-18/h3-9,22H,1-2H3,(H,20,23). The Morgan fingerprint density at radius 2 is 2.04 bits per heavy atom. The predicted molar refractivity (Wildman–Crippen MR) is 105 cm³/mol. The van der Waals surface area contributed by atoms with Crippen molar-refractivity contribution in [3.8, 4) is 5.75 Å². The normalized spacial score (nSPS) is 10.6. The molecule has 0 unspecified atom stereocenters. The molecule has 0 bridgehead atoms. The van der Waals surface area contributed by atoms with Crippen molar-refractivity contribution in [1.82, 2.24) is 4.98 Å². The van der Waals surface area contributed by atoms with E-state index < -0.39 is 10.8 Å². The minimum Gasteiger partial charge on any atom is -0.506 e. The predicted octanol–water partition coefficient (Wildman–Crippen LogP) is 4.78. The van der Waals surface area contributed by atoms with Crippen LogP contribution in [0.1, 0.15) is 21.6 Å². The number of anilines is 1. The molecule has 0 saturated heterocycles. The van der Waals surface area contributed by atoms with Gasteiger partial charge >= 0.3 is 0 Å². The number of thiazole rings is 1. The van der Waals surface area contributed by atoms with Crippen molar-refractivity contribution >= 4 is 40.4 Å². The highest BCUT2D eigenvalue weighted by molar-refractivity contribution is 8.01. The lowest BCUT2D eigenvalue weighted by atomic mass is 10.1. The van der Waals surface area contributed by atoms with Crippen LogP contribution in [0.25, 0.3) is 0 Å². The fraction of sp³-hybridized carbons (Fsp3) is 0.111. The van der Waals surface area contributed by atoms with E-state index >= 15 is 0 Å². The summed E-state index contributed by atoms with van der Waals surface area (Å²) in [6, 6.07) is 9.11. The van der Waals surface area contributed by atoms with Gasteiger partial charge in [-0.3, -0.25) is 14.9 Å². The average molecular weight is 401 g/mol. The zero-order valence-electron chi connectivity index (χ0n) is 14.4. The molecule has 3 aromatic rings. The molecule has 138 valence electrons. The molecular formula is C18H15N3O4S2. The third-order valence-electron chi connectivity index (χ3n) is 3.61. The molecule has 0 atom stereocenters. The minimum absolute atomic E-state index is 0.0656. The Labute approximate surface area is 163 Å². The van der Waals surface area contributed by atoms with E-state index in [0.29, 0.717) is 9.24 Å². The van der Waals surface area contributed by atoms with Gasteiger partial charge < -0.3 is 10.4 Å². The van der Waals surface area contributed by atoms with Crippen LogP contribution >= 0.6 is 23.1 Å². The molecular weight excluding hydrogens is 386 g/mol. The van der Waals surface area contributed by atoms with E-state index in [-0.39, 0.29) is 22.7 Å². The third kappa shape index (κ3) is 4.44. The second-order valence-electron chi connectivity index (χ2n) is 5.77. The summed E-state index contributed by atoms with van der Waals surface area (Å²) < 4.78 is 0.692. The van der Waals surface area contributed by atoms with Gasteiger partial charge in [0.1, 0.15) is 5.75 Å². The molecule has 0 aliphatic heterocycles. The topological polar surface area (TPSA) is 105 Å². The van der Waals surface area contributed by atoms with Crippen molar-refractivity contribution in [2.45, 2.75) is 23.1 Å². The summed E-state index contributed by atoms with van der Waals surface area (Å²) >= 11 is 2.59. The van der Waals surface area contributed by atoms with Crippen molar-refractivity contribution in [3.05, 3.63) is 68.7 Å². The summed E-state index contributed by atoms with van der Waals surface area (Å²) in [6.07, 6.45) is 0. The Kier molecular flexibility index (Phi) is 5.43. The molecule has 1 heterocycles. The Bertz CT molecular complexity index is 1030. The number of phenolic OH excluding ortho intramolecular Hbond substituents is 1. The Hall–Kier alpha value is -2.91. The number of benzene rings is 2. The Morgan fingerprint density at radius 1 is 1.26 bits per heavy atom. The lowest BCUT2D eigenvalue weighted by Crippen LogP contribution is -2.12. The van der Waals surface area contributed by atoms with Crippen LogP contribution < -0.4 is 5.32 Å². The second-order valence-corrected chi connectivity index (χ2v) is 7.92. The SMILES string of the molecule is Cc1ccc(NC(=O)c2ccc(Sc3nc(C)cs3)c([N+](=O)[O-])c2)c(O)c1. The minimum atomic E-state index is -0.543. The number of aryl methyl sites for hydroxylation is 2. The van der Waals surface area contributed by atoms with Gasteiger partial charge in [0.05, 0.1) is 15.5 Å². The summed E-state index contributed by atoms with van der Waals surface area (Å²) in [5, 5.41) is 25.8. The number of hydrogen-bond acceptors (Lipinski definition) is 7. The number of nitro groups is 1. The summed E-state index contributed by atoms with van der Waals surface area (Å²) in [7, 11) is 0. The number of nitrogens with zero attached hydrogens (tertiary/aromatic N) is 2. The maximum Gasteiger partial charge on any atom is 0.284 e. The number of carbonyl (C=O) groups is 1. The lowest BCUT2D eigenvalue weighted by Gasteiger charge is -2.09. The van der Waals surface area contributed by atoms with Gasteiger partial charge in [0.2, 0.25) is 0 Å². The van der Waals surface area contributed by atoms with Gasteiger partial charge in [-0.1, -0.05) is 17.8 Å². The molecule has 0 fully saturated rings. The van der Waals surface area contributed by atoms with Gasteiger partial charge in [-0.05, 0) is 43.7 Å². The molecule has 2 N–H and O–H groups in total. The molecule has 7 nitrogen and oxygen atoms in total. The van der Waals surface area contributed by atoms with Gasteiger partial charge in [-0.2, -0.15) is 0 Å². The van der Waals surface area contributed by atoms with Crippen molar-refractivity contribution in [2.75, 3.05) is 5.32 Å². The van der Waals surface area contributed by atoms with Crippen LogP contribution in [0.4, 0.5) is 11.4 Å². The first kappa shape index (κ1) is 18.9. The lowest BCUT2D eigenvalue weighted by molar-refractivity contribution is -0.387. The van der Waals surface area contributed by atoms with E-state index in [1.807, 2.05) is 19.2 Å². The fourth-order valence-electron chi connectivity index (χ4n) is 2.30. The van der Waals surface area contributed by atoms with Crippen LogP contribution in [0.5, 0.6) is 5.75 Å². The highest BCUT2D eigenvalue weighted by Crippen LogP contribution is 2.37. The van der Waals surface area contributed by atoms with E-state index in [4.69, 9.17) is 0 Å². The number of rotatable bonds is 5.